The van der Waals surface area contributed by atoms with Gasteiger partial charge in [-0.25, -0.2) is 0 Å². The van der Waals surface area contributed by atoms with E-state index in [2.05, 4.69) is 0 Å². The second-order valence-corrected chi connectivity index (χ2v) is 3.92. The Morgan fingerprint density at radius 2 is 2.00 bits per heavy atom. The van der Waals surface area contributed by atoms with Crippen molar-refractivity contribution in [1.29, 1.82) is 0 Å². The minimum atomic E-state index is -4.63. The molecule has 0 heterocycles. The molecular weight excluding hydrogens is 195 g/mol. The zero-order valence-electron chi connectivity index (χ0n) is 7.24. The van der Waals surface area contributed by atoms with Gasteiger partial charge in [-0.1, -0.05) is 6.07 Å². The average molecular weight is 204 g/mol. The SMILES string of the molecule is COc1cc(S(=O)(=O)F)ccc1C. The third kappa shape index (κ3) is 2.18. The van der Waals surface area contributed by atoms with Crippen molar-refractivity contribution >= 4 is 10.2 Å². The van der Waals surface area contributed by atoms with Crippen LogP contribution in [0, 0.1) is 6.92 Å². The normalized spacial score (nSPS) is 11.3. The molecule has 1 aromatic carbocycles. The first-order valence-corrected chi connectivity index (χ1v) is 4.93. The largest absolute Gasteiger partial charge is 0.496 e. The molecule has 3 nitrogen and oxygen atoms in total. The summed E-state index contributed by atoms with van der Waals surface area (Å²) in [5, 5.41) is 0. The summed E-state index contributed by atoms with van der Waals surface area (Å²) < 4.78 is 38.3. The van der Waals surface area contributed by atoms with E-state index >= 15 is 0 Å². The van der Waals surface area contributed by atoms with Crippen LogP contribution >= 0.6 is 0 Å². The number of hydrogen-bond donors (Lipinski definition) is 0. The van der Waals surface area contributed by atoms with Gasteiger partial charge in [0.15, 0.2) is 0 Å². The van der Waals surface area contributed by atoms with Crippen molar-refractivity contribution in [3.63, 3.8) is 0 Å². The highest BCUT2D eigenvalue weighted by molar-refractivity contribution is 7.86. The molecule has 0 radical (unpaired) electrons. The lowest BCUT2D eigenvalue weighted by Crippen LogP contribution is -1.94. The molecule has 0 saturated carbocycles. The predicted octanol–water partition coefficient (Wildman–Crippen LogP) is 1.66. The molecule has 0 spiro atoms. The Bertz CT molecular complexity index is 411. The number of methoxy groups -OCH3 is 1. The second-order valence-electron chi connectivity index (χ2n) is 2.57. The predicted molar refractivity (Wildman–Crippen MR) is 46.0 cm³/mol. The van der Waals surface area contributed by atoms with Gasteiger partial charge in [-0.3, -0.25) is 0 Å². The van der Waals surface area contributed by atoms with Crippen LogP contribution in [0.15, 0.2) is 23.1 Å². The van der Waals surface area contributed by atoms with Gasteiger partial charge in [0.25, 0.3) is 0 Å². The molecule has 1 aromatic rings. The van der Waals surface area contributed by atoms with Gasteiger partial charge >= 0.3 is 10.2 Å². The average Bonchev–Trinajstić information content (AvgIpc) is 2.03. The van der Waals surface area contributed by atoms with Crippen LogP contribution in [-0.2, 0) is 10.2 Å². The number of rotatable bonds is 2. The van der Waals surface area contributed by atoms with E-state index in [-0.39, 0.29) is 4.90 Å². The molecule has 0 aliphatic heterocycles. The Morgan fingerprint density at radius 3 is 2.46 bits per heavy atom. The number of halogens is 1. The fourth-order valence-corrected chi connectivity index (χ4v) is 1.43. The van der Waals surface area contributed by atoms with E-state index in [4.69, 9.17) is 4.74 Å². The van der Waals surface area contributed by atoms with Crippen molar-refractivity contribution in [2.75, 3.05) is 7.11 Å². The number of aryl methyl sites for hydroxylation is 1. The summed E-state index contributed by atoms with van der Waals surface area (Å²) in [6.45, 7) is 1.74. The summed E-state index contributed by atoms with van der Waals surface area (Å²) in [7, 11) is -3.23. The number of benzene rings is 1. The Kier molecular flexibility index (Phi) is 2.56. The summed E-state index contributed by atoms with van der Waals surface area (Å²) in [5.41, 5.74) is 0.759. The minimum absolute atomic E-state index is 0.360. The van der Waals surface area contributed by atoms with Crippen LogP contribution in [0.4, 0.5) is 3.89 Å². The molecule has 72 valence electrons. The fraction of sp³-hybridized carbons (Fsp3) is 0.250. The van der Waals surface area contributed by atoms with Gasteiger partial charge in [-0.2, -0.15) is 8.42 Å². The maximum Gasteiger partial charge on any atom is 0.332 e. The first kappa shape index (κ1) is 9.98. The highest BCUT2D eigenvalue weighted by atomic mass is 32.3. The van der Waals surface area contributed by atoms with Crippen molar-refractivity contribution < 1.29 is 17.0 Å². The smallest absolute Gasteiger partial charge is 0.332 e. The molecule has 0 amide bonds. The molecule has 0 aliphatic rings. The third-order valence-electron chi connectivity index (χ3n) is 1.66. The molecule has 0 fully saturated rings. The Morgan fingerprint density at radius 1 is 1.38 bits per heavy atom. The van der Waals surface area contributed by atoms with Crippen molar-refractivity contribution in [1.82, 2.24) is 0 Å². The van der Waals surface area contributed by atoms with Gasteiger partial charge < -0.3 is 4.74 Å². The highest BCUT2D eigenvalue weighted by Gasteiger charge is 2.13. The first-order chi connectivity index (χ1) is 5.95. The summed E-state index contributed by atoms with van der Waals surface area (Å²) in [6.07, 6.45) is 0. The molecule has 0 unspecified atom stereocenters. The molecule has 0 saturated heterocycles. The molecule has 0 aromatic heterocycles. The lowest BCUT2D eigenvalue weighted by Gasteiger charge is -2.04. The van der Waals surface area contributed by atoms with Crippen LogP contribution in [0.1, 0.15) is 5.56 Å². The summed E-state index contributed by atoms with van der Waals surface area (Å²) in [6, 6.07) is 3.85. The second kappa shape index (κ2) is 3.33. The van der Waals surface area contributed by atoms with E-state index in [9.17, 15) is 12.3 Å². The Balaban J connectivity index is 3.30. The molecule has 0 bridgehead atoms. The van der Waals surface area contributed by atoms with Gasteiger partial charge in [0.2, 0.25) is 0 Å². The van der Waals surface area contributed by atoms with Crippen LogP contribution in [0.3, 0.4) is 0 Å². The summed E-state index contributed by atoms with van der Waals surface area (Å²) in [5.74, 6) is 0.360. The number of ether oxygens (including phenoxy) is 1. The molecule has 1 rings (SSSR count). The fourth-order valence-electron chi connectivity index (χ4n) is 0.952. The van der Waals surface area contributed by atoms with E-state index in [1.807, 2.05) is 0 Å². The molecular formula is C8H9FO3S. The lowest BCUT2D eigenvalue weighted by atomic mass is 10.2. The van der Waals surface area contributed by atoms with Gasteiger partial charge in [0, 0.05) is 6.07 Å². The molecule has 13 heavy (non-hydrogen) atoms. The monoisotopic (exact) mass is 204 g/mol. The quantitative estimate of drug-likeness (QED) is 0.688. The molecule has 0 aliphatic carbocycles. The van der Waals surface area contributed by atoms with Crippen molar-refractivity contribution in [2.45, 2.75) is 11.8 Å². The summed E-state index contributed by atoms with van der Waals surface area (Å²) >= 11 is 0. The zero-order valence-corrected chi connectivity index (χ0v) is 8.06. The van der Waals surface area contributed by atoms with Crippen LogP contribution < -0.4 is 4.74 Å². The van der Waals surface area contributed by atoms with E-state index in [0.717, 1.165) is 11.6 Å². The molecule has 0 atom stereocenters. The van der Waals surface area contributed by atoms with Crippen molar-refractivity contribution in [2.24, 2.45) is 0 Å². The van der Waals surface area contributed by atoms with E-state index < -0.39 is 10.2 Å². The third-order valence-corrected chi connectivity index (χ3v) is 2.48. The highest BCUT2D eigenvalue weighted by Crippen LogP contribution is 2.22. The zero-order chi connectivity index (χ0) is 10.1. The minimum Gasteiger partial charge on any atom is -0.496 e. The van der Waals surface area contributed by atoms with Crippen molar-refractivity contribution in [3.8, 4) is 5.75 Å². The van der Waals surface area contributed by atoms with Gasteiger partial charge in [-0.05, 0) is 18.6 Å². The molecule has 0 N–H and O–H groups in total. The first-order valence-electron chi connectivity index (χ1n) is 3.54. The number of hydrogen-bond acceptors (Lipinski definition) is 3. The van der Waals surface area contributed by atoms with Crippen LogP contribution in [-0.4, -0.2) is 15.5 Å². The topological polar surface area (TPSA) is 43.4 Å². The summed E-state index contributed by atoms with van der Waals surface area (Å²) in [4.78, 5) is -0.380. The van der Waals surface area contributed by atoms with E-state index in [1.54, 1.807) is 6.92 Å². The Labute approximate surface area is 76.4 Å². The molecule has 5 heteroatoms. The van der Waals surface area contributed by atoms with Crippen LogP contribution in [0.25, 0.3) is 0 Å². The standard InChI is InChI=1S/C8H9FO3S/c1-6-3-4-7(13(9,10)11)5-8(6)12-2/h3-5H,1-2H3. The van der Waals surface area contributed by atoms with Gasteiger partial charge in [-0.15, -0.1) is 3.89 Å². The van der Waals surface area contributed by atoms with Crippen molar-refractivity contribution in [3.05, 3.63) is 23.8 Å². The van der Waals surface area contributed by atoms with Gasteiger partial charge in [0.05, 0.1) is 7.11 Å². The van der Waals surface area contributed by atoms with Gasteiger partial charge in [0.1, 0.15) is 10.6 Å². The lowest BCUT2D eigenvalue weighted by molar-refractivity contribution is 0.410. The van der Waals surface area contributed by atoms with Crippen LogP contribution in [0.2, 0.25) is 0 Å². The van der Waals surface area contributed by atoms with E-state index in [0.29, 0.717) is 5.75 Å². The maximum absolute atomic E-state index is 12.5. The van der Waals surface area contributed by atoms with Crippen LogP contribution in [0.5, 0.6) is 5.75 Å². The maximum atomic E-state index is 12.5. The Hall–Kier alpha value is -1.10. The van der Waals surface area contributed by atoms with E-state index in [1.165, 1.54) is 19.2 Å².